The summed E-state index contributed by atoms with van der Waals surface area (Å²) in [7, 11) is 0. The highest BCUT2D eigenvalue weighted by Gasteiger charge is 2.27. The van der Waals surface area contributed by atoms with Gasteiger partial charge in [-0.2, -0.15) is 0 Å². The molecule has 0 radical (unpaired) electrons. The van der Waals surface area contributed by atoms with Crippen LogP contribution in [0.1, 0.15) is 12.1 Å². The van der Waals surface area contributed by atoms with Crippen LogP contribution in [0.4, 0.5) is 4.79 Å². The summed E-state index contributed by atoms with van der Waals surface area (Å²) in [5.74, 6) is 0.567. The molecule has 1 aromatic heterocycles. The van der Waals surface area contributed by atoms with Crippen LogP contribution >= 0.6 is 0 Å². The Hall–Kier alpha value is -1.78. The van der Waals surface area contributed by atoms with Gasteiger partial charge in [0.25, 0.3) is 0 Å². The van der Waals surface area contributed by atoms with E-state index >= 15 is 0 Å². The molecule has 0 bridgehead atoms. The van der Waals surface area contributed by atoms with Gasteiger partial charge in [0.15, 0.2) is 0 Å². The molecular formula is C11H14N2O3. The summed E-state index contributed by atoms with van der Waals surface area (Å²) in [4.78, 5) is 16.3. The van der Waals surface area contributed by atoms with Crippen molar-refractivity contribution in [3.63, 3.8) is 0 Å². The number of nitrogens with zero attached hydrogens (tertiary/aromatic N) is 2. The molecule has 1 N–H and O–H groups in total. The number of hydrogen-bond donors (Lipinski definition) is 1. The van der Waals surface area contributed by atoms with Crippen LogP contribution in [0.5, 0.6) is 5.88 Å². The molecule has 1 unspecified atom stereocenters. The Morgan fingerprint density at radius 2 is 2.44 bits per heavy atom. The Morgan fingerprint density at radius 3 is 3.06 bits per heavy atom. The summed E-state index contributed by atoms with van der Waals surface area (Å²) < 4.78 is 5.62. The van der Waals surface area contributed by atoms with Crippen molar-refractivity contribution in [2.75, 3.05) is 13.1 Å². The lowest BCUT2D eigenvalue weighted by Crippen LogP contribution is -2.29. The molecule has 1 aliphatic heterocycles. The molecule has 2 heterocycles. The van der Waals surface area contributed by atoms with E-state index in [2.05, 4.69) is 4.98 Å². The highest BCUT2D eigenvalue weighted by Crippen LogP contribution is 2.16. The minimum absolute atomic E-state index is 0.0783. The minimum Gasteiger partial charge on any atom is -0.472 e. The molecule has 1 aliphatic rings. The smallest absolute Gasteiger partial charge is 0.407 e. The molecule has 2 rings (SSSR count). The average molecular weight is 222 g/mol. The predicted molar refractivity (Wildman–Crippen MR) is 57.6 cm³/mol. The Balaban J connectivity index is 1.94. The van der Waals surface area contributed by atoms with Gasteiger partial charge in [-0.3, -0.25) is 0 Å². The standard InChI is InChI=1S/C11H14N2O3/c1-8-3-2-4-10(12-8)16-9-5-6-13(7-9)11(14)15/h2-4,9H,5-7H2,1H3,(H,14,15). The van der Waals surface area contributed by atoms with Gasteiger partial charge in [-0.1, -0.05) is 6.07 Å². The van der Waals surface area contributed by atoms with Gasteiger partial charge in [0.1, 0.15) is 6.10 Å². The van der Waals surface area contributed by atoms with E-state index in [0.29, 0.717) is 19.0 Å². The summed E-state index contributed by atoms with van der Waals surface area (Å²) in [6.45, 7) is 2.85. The van der Waals surface area contributed by atoms with Gasteiger partial charge < -0.3 is 14.7 Å². The van der Waals surface area contributed by atoms with E-state index in [1.165, 1.54) is 4.90 Å². The van der Waals surface area contributed by atoms with Crippen molar-refractivity contribution in [2.24, 2.45) is 0 Å². The first-order chi connectivity index (χ1) is 7.65. The van der Waals surface area contributed by atoms with Gasteiger partial charge in [0.05, 0.1) is 6.54 Å². The van der Waals surface area contributed by atoms with Crippen LogP contribution in [0.3, 0.4) is 0 Å². The number of amides is 1. The number of aryl methyl sites for hydroxylation is 1. The van der Waals surface area contributed by atoms with Crippen LogP contribution in [0.15, 0.2) is 18.2 Å². The minimum atomic E-state index is -0.886. The molecule has 5 heteroatoms. The van der Waals surface area contributed by atoms with E-state index in [9.17, 15) is 4.79 Å². The van der Waals surface area contributed by atoms with Crippen molar-refractivity contribution in [1.29, 1.82) is 0 Å². The van der Waals surface area contributed by atoms with Crippen LogP contribution in [0.2, 0.25) is 0 Å². The van der Waals surface area contributed by atoms with Crippen LogP contribution in [-0.4, -0.2) is 40.3 Å². The highest BCUT2D eigenvalue weighted by atomic mass is 16.5. The molecule has 16 heavy (non-hydrogen) atoms. The molecule has 0 aliphatic carbocycles. The van der Waals surface area contributed by atoms with Crippen molar-refractivity contribution in [3.8, 4) is 5.88 Å². The second-order valence-electron chi connectivity index (χ2n) is 3.87. The number of aromatic nitrogens is 1. The summed E-state index contributed by atoms with van der Waals surface area (Å²) >= 11 is 0. The average Bonchev–Trinajstić information content (AvgIpc) is 2.66. The van der Waals surface area contributed by atoms with Crippen molar-refractivity contribution in [1.82, 2.24) is 9.88 Å². The van der Waals surface area contributed by atoms with Crippen LogP contribution in [0.25, 0.3) is 0 Å². The summed E-state index contributed by atoms with van der Waals surface area (Å²) in [6.07, 6.45) is -0.240. The number of carboxylic acid groups (broad SMARTS) is 1. The zero-order valence-corrected chi connectivity index (χ0v) is 9.09. The zero-order chi connectivity index (χ0) is 11.5. The molecule has 1 atom stereocenters. The SMILES string of the molecule is Cc1cccc(OC2CCN(C(=O)O)C2)n1. The summed E-state index contributed by atoms with van der Waals surface area (Å²) in [5.41, 5.74) is 0.894. The monoisotopic (exact) mass is 222 g/mol. The number of rotatable bonds is 2. The first kappa shape index (κ1) is 10.7. The molecular weight excluding hydrogens is 208 g/mol. The number of hydrogen-bond acceptors (Lipinski definition) is 3. The normalized spacial score (nSPS) is 19.8. The lowest BCUT2D eigenvalue weighted by molar-refractivity contribution is 0.144. The van der Waals surface area contributed by atoms with E-state index in [-0.39, 0.29) is 6.10 Å². The van der Waals surface area contributed by atoms with Crippen molar-refractivity contribution < 1.29 is 14.6 Å². The van der Waals surface area contributed by atoms with Gasteiger partial charge in [-0.15, -0.1) is 0 Å². The maximum Gasteiger partial charge on any atom is 0.407 e. The van der Waals surface area contributed by atoms with Gasteiger partial charge in [-0.25, -0.2) is 9.78 Å². The number of ether oxygens (including phenoxy) is 1. The zero-order valence-electron chi connectivity index (χ0n) is 9.09. The van der Waals surface area contributed by atoms with Crippen LogP contribution < -0.4 is 4.74 Å². The largest absolute Gasteiger partial charge is 0.472 e. The second kappa shape index (κ2) is 4.38. The van der Waals surface area contributed by atoms with E-state index in [1.807, 2.05) is 19.1 Å². The Kier molecular flexibility index (Phi) is 2.94. The van der Waals surface area contributed by atoms with Gasteiger partial charge in [0.2, 0.25) is 5.88 Å². The molecule has 86 valence electrons. The molecule has 1 fully saturated rings. The molecule has 0 spiro atoms. The van der Waals surface area contributed by atoms with E-state index in [0.717, 1.165) is 12.1 Å². The molecule has 5 nitrogen and oxygen atoms in total. The fourth-order valence-electron chi connectivity index (χ4n) is 1.75. The fraction of sp³-hybridized carbons (Fsp3) is 0.455. The maximum absolute atomic E-state index is 10.7. The summed E-state index contributed by atoms with van der Waals surface area (Å²) in [5, 5.41) is 8.80. The molecule has 1 aromatic rings. The van der Waals surface area contributed by atoms with Crippen LogP contribution in [-0.2, 0) is 0 Å². The first-order valence-electron chi connectivity index (χ1n) is 5.23. The lowest BCUT2D eigenvalue weighted by atomic mass is 10.3. The third-order valence-corrected chi connectivity index (χ3v) is 2.57. The Bertz CT molecular complexity index is 395. The number of pyridine rings is 1. The lowest BCUT2D eigenvalue weighted by Gasteiger charge is -2.13. The van der Waals surface area contributed by atoms with Crippen molar-refractivity contribution in [2.45, 2.75) is 19.4 Å². The Labute approximate surface area is 93.7 Å². The van der Waals surface area contributed by atoms with Gasteiger partial charge in [-0.05, 0) is 13.0 Å². The van der Waals surface area contributed by atoms with Crippen molar-refractivity contribution in [3.05, 3.63) is 23.9 Å². The first-order valence-corrected chi connectivity index (χ1v) is 5.23. The fourth-order valence-corrected chi connectivity index (χ4v) is 1.75. The third kappa shape index (κ3) is 2.42. The van der Waals surface area contributed by atoms with E-state index in [1.54, 1.807) is 6.07 Å². The van der Waals surface area contributed by atoms with Crippen LogP contribution in [0, 0.1) is 6.92 Å². The van der Waals surface area contributed by atoms with Gasteiger partial charge in [0, 0.05) is 24.7 Å². The Morgan fingerprint density at radius 1 is 1.62 bits per heavy atom. The number of likely N-dealkylation sites (tertiary alicyclic amines) is 1. The van der Waals surface area contributed by atoms with Gasteiger partial charge >= 0.3 is 6.09 Å². The molecule has 0 aromatic carbocycles. The molecule has 1 saturated heterocycles. The summed E-state index contributed by atoms with van der Waals surface area (Å²) in [6, 6.07) is 5.56. The quantitative estimate of drug-likeness (QED) is 0.824. The number of carbonyl (C=O) groups is 1. The maximum atomic E-state index is 10.7. The second-order valence-corrected chi connectivity index (χ2v) is 3.87. The van der Waals surface area contributed by atoms with Crippen molar-refractivity contribution >= 4 is 6.09 Å². The highest BCUT2D eigenvalue weighted by molar-refractivity contribution is 5.65. The predicted octanol–water partition coefficient (Wildman–Crippen LogP) is 1.52. The van der Waals surface area contributed by atoms with E-state index in [4.69, 9.17) is 9.84 Å². The topological polar surface area (TPSA) is 62.7 Å². The van der Waals surface area contributed by atoms with E-state index < -0.39 is 6.09 Å². The molecule has 0 saturated carbocycles. The third-order valence-electron chi connectivity index (χ3n) is 2.57. The molecule has 1 amide bonds.